The monoisotopic (exact) mass is 253 g/mol. The van der Waals surface area contributed by atoms with Gasteiger partial charge in [0.05, 0.1) is 10.9 Å². The van der Waals surface area contributed by atoms with Crippen molar-refractivity contribution in [2.45, 2.75) is 18.4 Å². The van der Waals surface area contributed by atoms with Crippen molar-refractivity contribution in [1.82, 2.24) is 5.32 Å². The minimum atomic E-state index is -0.0634. The molecule has 1 aromatic carbocycles. The second-order valence-corrected chi connectivity index (χ2v) is 4.19. The zero-order valence-corrected chi connectivity index (χ0v) is 9.38. The van der Waals surface area contributed by atoms with Crippen LogP contribution in [0.4, 0.5) is 0 Å². The molecular weight excluding hydrogens is 242 g/mol. The number of rotatable bonds is 3. The van der Waals surface area contributed by atoms with Crippen LogP contribution >= 0.6 is 15.9 Å². The first-order chi connectivity index (χ1) is 6.77. The van der Waals surface area contributed by atoms with Crippen molar-refractivity contribution in [2.24, 2.45) is 0 Å². The molecule has 0 spiro atoms. The summed E-state index contributed by atoms with van der Waals surface area (Å²) in [7, 11) is 0. The predicted octanol–water partition coefficient (Wildman–Crippen LogP) is 2.19. The number of halogens is 1. The minimum Gasteiger partial charge on any atom is -0.346 e. The number of hydrogen-bond donors (Lipinski definition) is 1. The Kier molecular flexibility index (Phi) is 2.59. The molecule has 74 valence electrons. The van der Waals surface area contributed by atoms with Crippen LogP contribution in [0.25, 0.3) is 0 Å². The number of benzene rings is 1. The van der Waals surface area contributed by atoms with E-state index in [1.54, 1.807) is 0 Å². The maximum atomic E-state index is 11.3. The van der Waals surface area contributed by atoms with Crippen LogP contribution in [0, 0.1) is 0 Å². The summed E-state index contributed by atoms with van der Waals surface area (Å²) < 4.78 is 0. The standard InChI is InChI=1S/C11H12BrNO/c12-8-10(14)13-11(6-7-11)9-4-2-1-3-5-9/h1-5H,6-8H2,(H,13,14). The van der Waals surface area contributed by atoms with Gasteiger partial charge in [0.25, 0.3) is 0 Å². The summed E-state index contributed by atoms with van der Waals surface area (Å²) in [4.78, 5) is 11.3. The van der Waals surface area contributed by atoms with Gasteiger partial charge in [-0.2, -0.15) is 0 Å². The van der Waals surface area contributed by atoms with Crippen LogP contribution in [0.1, 0.15) is 18.4 Å². The number of hydrogen-bond acceptors (Lipinski definition) is 1. The second kappa shape index (κ2) is 3.73. The topological polar surface area (TPSA) is 29.1 Å². The Balaban J connectivity index is 2.14. The highest BCUT2D eigenvalue weighted by Crippen LogP contribution is 2.45. The van der Waals surface area contributed by atoms with Crippen molar-refractivity contribution in [3.8, 4) is 0 Å². The highest BCUT2D eigenvalue weighted by Gasteiger charge is 2.45. The molecule has 1 saturated carbocycles. The SMILES string of the molecule is O=C(CBr)NC1(c2ccccc2)CC1. The molecule has 0 atom stereocenters. The van der Waals surface area contributed by atoms with E-state index in [0.29, 0.717) is 5.33 Å². The Bertz CT molecular complexity index is 332. The fourth-order valence-corrected chi connectivity index (χ4v) is 1.81. The fourth-order valence-electron chi connectivity index (χ4n) is 1.67. The average molecular weight is 254 g/mol. The molecular formula is C11H12BrNO. The molecule has 1 aliphatic carbocycles. The number of alkyl halides is 1. The van der Waals surface area contributed by atoms with Crippen LogP contribution in [0.2, 0.25) is 0 Å². The van der Waals surface area contributed by atoms with E-state index in [2.05, 4.69) is 33.4 Å². The summed E-state index contributed by atoms with van der Waals surface area (Å²) in [6.45, 7) is 0. The van der Waals surface area contributed by atoms with Crippen LogP contribution in [-0.2, 0) is 10.3 Å². The van der Waals surface area contributed by atoms with E-state index >= 15 is 0 Å². The van der Waals surface area contributed by atoms with E-state index in [0.717, 1.165) is 12.8 Å². The molecule has 1 aromatic rings. The summed E-state index contributed by atoms with van der Waals surface area (Å²) >= 11 is 3.16. The molecule has 2 nitrogen and oxygen atoms in total. The molecule has 1 aliphatic rings. The molecule has 2 rings (SSSR count). The third kappa shape index (κ3) is 1.82. The van der Waals surface area contributed by atoms with Crippen LogP contribution < -0.4 is 5.32 Å². The van der Waals surface area contributed by atoms with E-state index in [1.165, 1.54) is 5.56 Å². The van der Waals surface area contributed by atoms with Crippen LogP contribution in [0.15, 0.2) is 30.3 Å². The molecule has 3 heteroatoms. The van der Waals surface area contributed by atoms with Gasteiger partial charge in [-0.05, 0) is 18.4 Å². The number of nitrogens with one attached hydrogen (secondary N) is 1. The van der Waals surface area contributed by atoms with Crippen LogP contribution in [0.5, 0.6) is 0 Å². The van der Waals surface area contributed by atoms with Crippen LogP contribution in [-0.4, -0.2) is 11.2 Å². The average Bonchev–Trinajstić information content (AvgIpc) is 3.00. The molecule has 0 aliphatic heterocycles. The summed E-state index contributed by atoms with van der Waals surface area (Å²) in [5.74, 6) is 0.0614. The lowest BCUT2D eigenvalue weighted by molar-refractivity contribution is -0.119. The number of carbonyl (C=O) groups excluding carboxylic acids is 1. The summed E-state index contributed by atoms with van der Waals surface area (Å²) in [6, 6.07) is 10.2. The lowest BCUT2D eigenvalue weighted by atomic mass is 10.1. The van der Waals surface area contributed by atoms with Crippen molar-refractivity contribution in [3.05, 3.63) is 35.9 Å². The first kappa shape index (κ1) is 9.71. The van der Waals surface area contributed by atoms with Crippen LogP contribution in [0.3, 0.4) is 0 Å². The molecule has 14 heavy (non-hydrogen) atoms. The molecule has 0 saturated heterocycles. The van der Waals surface area contributed by atoms with E-state index < -0.39 is 0 Å². The normalized spacial score (nSPS) is 17.5. The van der Waals surface area contributed by atoms with Gasteiger partial charge in [0.1, 0.15) is 0 Å². The Morgan fingerprint density at radius 3 is 2.50 bits per heavy atom. The molecule has 1 fully saturated rings. The van der Waals surface area contributed by atoms with Crippen molar-refractivity contribution < 1.29 is 4.79 Å². The lowest BCUT2D eigenvalue weighted by Crippen LogP contribution is -2.35. The van der Waals surface area contributed by atoms with Gasteiger partial charge in [-0.3, -0.25) is 4.79 Å². The number of carbonyl (C=O) groups is 1. The Hall–Kier alpha value is -0.830. The maximum Gasteiger partial charge on any atom is 0.231 e. The molecule has 1 N–H and O–H groups in total. The van der Waals surface area contributed by atoms with Gasteiger partial charge in [0.15, 0.2) is 0 Å². The quantitative estimate of drug-likeness (QED) is 0.823. The largest absolute Gasteiger partial charge is 0.346 e. The van der Waals surface area contributed by atoms with E-state index in [-0.39, 0.29) is 11.4 Å². The number of amides is 1. The summed E-state index contributed by atoms with van der Waals surface area (Å²) in [5.41, 5.74) is 1.15. The zero-order chi connectivity index (χ0) is 10.0. The zero-order valence-electron chi connectivity index (χ0n) is 7.79. The van der Waals surface area contributed by atoms with E-state index in [4.69, 9.17) is 0 Å². The summed E-state index contributed by atoms with van der Waals surface area (Å²) in [6.07, 6.45) is 2.10. The highest BCUT2D eigenvalue weighted by atomic mass is 79.9. The molecule has 1 amide bonds. The first-order valence-corrected chi connectivity index (χ1v) is 5.81. The predicted molar refractivity (Wildman–Crippen MR) is 59.3 cm³/mol. The van der Waals surface area contributed by atoms with Crippen molar-refractivity contribution in [3.63, 3.8) is 0 Å². The van der Waals surface area contributed by atoms with Gasteiger partial charge in [0.2, 0.25) is 5.91 Å². The molecule has 0 radical (unpaired) electrons. The minimum absolute atomic E-state index is 0.0614. The van der Waals surface area contributed by atoms with Gasteiger partial charge < -0.3 is 5.32 Å². The molecule has 0 heterocycles. The van der Waals surface area contributed by atoms with Gasteiger partial charge in [-0.15, -0.1) is 0 Å². The van der Waals surface area contributed by atoms with Gasteiger partial charge >= 0.3 is 0 Å². The van der Waals surface area contributed by atoms with Gasteiger partial charge in [-0.25, -0.2) is 0 Å². The molecule has 0 unspecified atom stereocenters. The van der Waals surface area contributed by atoms with Crippen molar-refractivity contribution >= 4 is 21.8 Å². The Labute approximate surface area is 91.8 Å². The Morgan fingerprint density at radius 2 is 2.00 bits per heavy atom. The van der Waals surface area contributed by atoms with Crippen molar-refractivity contribution in [1.29, 1.82) is 0 Å². The lowest BCUT2D eigenvalue weighted by Gasteiger charge is -2.16. The second-order valence-electron chi connectivity index (χ2n) is 3.63. The Morgan fingerprint density at radius 1 is 1.36 bits per heavy atom. The van der Waals surface area contributed by atoms with E-state index in [9.17, 15) is 4.79 Å². The van der Waals surface area contributed by atoms with Gasteiger partial charge in [0, 0.05) is 0 Å². The van der Waals surface area contributed by atoms with E-state index in [1.807, 2.05) is 18.2 Å². The highest BCUT2D eigenvalue weighted by molar-refractivity contribution is 9.09. The fraction of sp³-hybridized carbons (Fsp3) is 0.364. The smallest absolute Gasteiger partial charge is 0.231 e. The first-order valence-electron chi connectivity index (χ1n) is 4.69. The third-order valence-electron chi connectivity index (χ3n) is 2.58. The third-order valence-corrected chi connectivity index (χ3v) is 3.09. The maximum absolute atomic E-state index is 11.3. The van der Waals surface area contributed by atoms with Crippen molar-refractivity contribution in [2.75, 3.05) is 5.33 Å². The molecule has 0 aromatic heterocycles. The summed E-state index contributed by atoms with van der Waals surface area (Å²) in [5, 5.41) is 3.42. The molecule has 0 bridgehead atoms. The van der Waals surface area contributed by atoms with Gasteiger partial charge in [-0.1, -0.05) is 46.3 Å².